The molecule has 1 N–H and O–H groups in total. The number of carbonyl (C=O) groups excluding carboxylic acids is 1. The summed E-state index contributed by atoms with van der Waals surface area (Å²) >= 11 is 7.29. The van der Waals surface area contributed by atoms with Crippen LogP contribution in [0, 0.1) is 0 Å². The minimum absolute atomic E-state index is 0.167. The average molecular weight is 398 g/mol. The zero-order valence-electron chi connectivity index (χ0n) is 14.3. The quantitative estimate of drug-likeness (QED) is 0.493. The number of imidazole rings is 1. The Morgan fingerprint density at radius 1 is 1.11 bits per heavy atom. The van der Waals surface area contributed by atoms with Gasteiger partial charge in [0.05, 0.1) is 22.5 Å². The zero-order valence-corrected chi connectivity index (χ0v) is 15.8. The molecule has 0 fully saturated rings. The Morgan fingerprint density at radius 2 is 1.93 bits per heavy atom. The van der Waals surface area contributed by atoms with E-state index >= 15 is 0 Å². The van der Waals surface area contributed by atoms with Gasteiger partial charge in [0.2, 0.25) is 5.95 Å². The molecular formula is C20H16ClN3O2S. The van der Waals surface area contributed by atoms with Crippen LogP contribution in [0.3, 0.4) is 0 Å². The standard InChI is InChI=1S/C20H16ClN3O2S/c21-14-7-9-15(10-8-14)26-12-11-24-17-5-2-1-4-16(17)22-20(24)23-19(25)18-6-3-13-27-18/h1-10,13H,11-12H2,(H,22,23,25). The highest BCUT2D eigenvalue weighted by Crippen LogP contribution is 2.21. The van der Waals surface area contributed by atoms with Gasteiger partial charge in [0.25, 0.3) is 5.91 Å². The fraction of sp³-hybridized carbons (Fsp3) is 0.100. The van der Waals surface area contributed by atoms with Crippen LogP contribution in [0.5, 0.6) is 5.75 Å². The maximum atomic E-state index is 12.4. The van der Waals surface area contributed by atoms with Crippen LogP contribution in [0.1, 0.15) is 9.67 Å². The van der Waals surface area contributed by atoms with Gasteiger partial charge in [-0.1, -0.05) is 29.8 Å². The summed E-state index contributed by atoms with van der Waals surface area (Å²) in [6.45, 7) is 0.979. The second-order valence-electron chi connectivity index (χ2n) is 5.81. The van der Waals surface area contributed by atoms with Crippen molar-refractivity contribution in [1.29, 1.82) is 0 Å². The van der Waals surface area contributed by atoms with E-state index in [9.17, 15) is 4.79 Å². The first kappa shape index (κ1) is 17.6. The van der Waals surface area contributed by atoms with Gasteiger partial charge >= 0.3 is 0 Å². The monoisotopic (exact) mass is 397 g/mol. The maximum absolute atomic E-state index is 12.4. The van der Waals surface area contributed by atoms with Gasteiger partial charge in [-0.15, -0.1) is 11.3 Å². The number of nitrogens with zero attached hydrogens (tertiary/aromatic N) is 2. The lowest BCUT2D eigenvalue weighted by Crippen LogP contribution is -2.17. The van der Waals surface area contributed by atoms with Gasteiger partial charge in [-0.3, -0.25) is 10.1 Å². The van der Waals surface area contributed by atoms with Crippen molar-refractivity contribution in [2.24, 2.45) is 0 Å². The third kappa shape index (κ3) is 3.97. The molecular weight excluding hydrogens is 382 g/mol. The van der Waals surface area contributed by atoms with Crippen molar-refractivity contribution in [3.63, 3.8) is 0 Å². The van der Waals surface area contributed by atoms with E-state index in [4.69, 9.17) is 16.3 Å². The van der Waals surface area contributed by atoms with Gasteiger partial charge in [0.1, 0.15) is 12.4 Å². The summed E-state index contributed by atoms with van der Waals surface area (Å²) in [6.07, 6.45) is 0. The molecule has 2 aromatic carbocycles. The number of benzene rings is 2. The first-order chi connectivity index (χ1) is 13.2. The molecule has 7 heteroatoms. The largest absolute Gasteiger partial charge is 0.492 e. The predicted molar refractivity (Wildman–Crippen MR) is 109 cm³/mol. The Balaban J connectivity index is 1.54. The van der Waals surface area contributed by atoms with Gasteiger partial charge in [0.15, 0.2) is 0 Å². The molecule has 4 rings (SSSR count). The topological polar surface area (TPSA) is 56.2 Å². The fourth-order valence-electron chi connectivity index (χ4n) is 2.75. The number of hydrogen-bond donors (Lipinski definition) is 1. The highest BCUT2D eigenvalue weighted by atomic mass is 35.5. The molecule has 4 aromatic rings. The van der Waals surface area contributed by atoms with Crippen molar-refractivity contribution < 1.29 is 9.53 Å². The van der Waals surface area contributed by atoms with Gasteiger partial charge < -0.3 is 9.30 Å². The molecule has 1 amide bonds. The number of para-hydroxylation sites is 2. The Bertz CT molecular complexity index is 1060. The molecule has 0 atom stereocenters. The minimum Gasteiger partial charge on any atom is -0.492 e. The van der Waals surface area contributed by atoms with Crippen LogP contribution in [-0.4, -0.2) is 22.1 Å². The van der Waals surface area contributed by atoms with E-state index in [1.54, 1.807) is 18.2 Å². The Kier molecular flexibility index (Phi) is 5.09. The number of hydrogen-bond acceptors (Lipinski definition) is 4. The third-order valence-electron chi connectivity index (χ3n) is 4.02. The maximum Gasteiger partial charge on any atom is 0.268 e. The number of nitrogens with one attached hydrogen (secondary N) is 1. The number of fused-ring (bicyclic) bond motifs is 1. The summed E-state index contributed by atoms with van der Waals surface area (Å²) in [5.74, 6) is 1.09. The molecule has 0 aliphatic rings. The smallest absolute Gasteiger partial charge is 0.268 e. The molecule has 0 aliphatic carbocycles. The molecule has 0 saturated carbocycles. The molecule has 0 radical (unpaired) electrons. The second-order valence-corrected chi connectivity index (χ2v) is 7.19. The lowest BCUT2D eigenvalue weighted by atomic mass is 10.3. The van der Waals surface area contributed by atoms with Crippen LogP contribution >= 0.6 is 22.9 Å². The summed E-state index contributed by atoms with van der Waals surface area (Å²) in [6, 6.07) is 18.6. The van der Waals surface area contributed by atoms with Crippen molar-refractivity contribution in [3.05, 3.63) is 75.9 Å². The van der Waals surface area contributed by atoms with Crippen LogP contribution < -0.4 is 10.1 Å². The van der Waals surface area contributed by atoms with E-state index in [-0.39, 0.29) is 5.91 Å². The number of anilines is 1. The summed E-state index contributed by atoms with van der Waals surface area (Å²) in [5, 5.41) is 5.45. The van der Waals surface area contributed by atoms with E-state index < -0.39 is 0 Å². The number of aromatic nitrogens is 2. The van der Waals surface area contributed by atoms with Crippen LogP contribution in [-0.2, 0) is 6.54 Å². The minimum atomic E-state index is -0.167. The fourth-order valence-corrected chi connectivity index (χ4v) is 3.50. The van der Waals surface area contributed by atoms with Crippen molar-refractivity contribution in [2.45, 2.75) is 6.54 Å². The number of carbonyl (C=O) groups is 1. The zero-order chi connectivity index (χ0) is 18.6. The SMILES string of the molecule is O=C(Nc1nc2ccccc2n1CCOc1ccc(Cl)cc1)c1cccs1. The molecule has 27 heavy (non-hydrogen) atoms. The lowest BCUT2D eigenvalue weighted by molar-refractivity contribution is 0.102. The molecule has 0 unspecified atom stereocenters. The van der Waals surface area contributed by atoms with E-state index in [2.05, 4.69) is 10.3 Å². The highest BCUT2D eigenvalue weighted by molar-refractivity contribution is 7.12. The van der Waals surface area contributed by atoms with Crippen LogP contribution in [0.15, 0.2) is 66.0 Å². The van der Waals surface area contributed by atoms with Gasteiger partial charge in [0, 0.05) is 5.02 Å². The number of thiophene rings is 1. The van der Waals surface area contributed by atoms with Crippen LogP contribution in [0.4, 0.5) is 5.95 Å². The number of rotatable bonds is 6. The van der Waals surface area contributed by atoms with E-state index in [0.717, 1.165) is 16.8 Å². The molecule has 0 aliphatic heterocycles. The molecule has 0 spiro atoms. The van der Waals surface area contributed by atoms with E-state index in [1.807, 2.05) is 52.4 Å². The number of ether oxygens (including phenoxy) is 1. The second kappa shape index (κ2) is 7.82. The normalized spacial score (nSPS) is 10.9. The predicted octanol–water partition coefficient (Wildman–Crippen LogP) is 5.08. The van der Waals surface area contributed by atoms with Crippen molar-refractivity contribution in [1.82, 2.24) is 9.55 Å². The highest BCUT2D eigenvalue weighted by Gasteiger charge is 2.15. The summed E-state index contributed by atoms with van der Waals surface area (Å²) in [4.78, 5) is 17.6. The summed E-state index contributed by atoms with van der Waals surface area (Å²) < 4.78 is 7.75. The summed E-state index contributed by atoms with van der Waals surface area (Å²) in [7, 11) is 0. The number of halogens is 1. The molecule has 0 bridgehead atoms. The first-order valence-electron chi connectivity index (χ1n) is 8.39. The van der Waals surface area contributed by atoms with E-state index in [1.165, 1.54) is 11.3 Å². The van der Waals surface area contributed by atoms with Crippen molar-refractivity contribution >= 4 is 45.8 Å². The van der Waals surface area contributed by atoms with Crippen LogP contribution in [0.25, 0.3) is 11.0 Å². The molecule has 0 saturated heterocycles. The lowest BCUT2D eigenvalue weighted by Gasteiger charge is -2.11. The Labute approximate surface area is 165 Å². The average Bonchev–Trinajstić information content (AvgIpc) is 3.32. The van der Waals surface area contributed by atoms with Crippen molar-refractivity contribution in [2.75, 3.05) is 11.9 Å². The van der Waals surface area contributed by atoms with Crippen LogP contribution in [0.2, 0.25) is 5.02 Å². The van der Waals surface area contributed by atoms with Gasteiger partial charge in [-0.2, -0.15) is 0 Å². The molecule has 2 aromatic heterocycles. The molecule has 136 valence electrons. The number of amides is 1. The van der Waals surface area contributed by atoms with Gasteiger partial charge in [-0.25, -0.2) is 4.98 Å². The first-order valence-corrected chi connectivity index (χ1v) is 9.65. The van der Waals surface area contributed by atoms with Gasteiger partial charge in [-0.05, 0) is 47.8 Å². The molecule has 2 heterocycles. The Morgan fingerprint density at radius 3 is 2.70 bits per heavy atom. The molecule has 5 nitrogen and oxygen atoms in total. The summed E-state index contributed by atoms with van der Waals surface area (Å²) in [5.41, 5.74) is 1.77. The van der Waals surface area contributed by atoms with E-state index in [0.29, 0.717) is 29.0 Å². The third-order valence-corrected chi connectivity index (χ3v) is 5.14. The Hall–Kier alpha value is -2.83. The van der Waals surface area contributed by atoms with Crippen molar-refractivity contribution in [3.8, 4) is 5.75 Å².